The highest BCUT2D eigenvalue weighted by atomic mass is 16.5. The van der Waals surface area contributed by atoms with Crippen molar-refractivity contribution in [3.63, 3.8) is 0 Å². The maximum absolute atomic E-state index is 7.02. The van der Waals surface area contributed by atoms with E-state index in [1.807, 2.05) is 6.07 Å². The Balaban J connectivity index is 1.06. The summed E-state index contributed by atoms with van der Waals surface area (Å²) in [6, 6.07) is 38.5. The van der Waals surface area contributed by atoms with Gasteiger partial charge in [-0.25, -0.2) is 9.97 Å². The van der Waals surface area contributed by atoms with Crippen molar-refractivity contribution < 1.29 is 4.74 Å². The first-order valence-electron chi connectivity index (χ1n) is 16.7. The Labute approximate surface area is 280 Å². The zero-order valence-electron chi connectivity index (χ0n) is 27.6. The van der Waals surface area contributed by atoms with Crippen LogP contribution in [0.1, 0.15) is 48.7 Å². The van der Waals surface area contributed by atoms with Crippen LogP contribution in [0.15, 0.2) is 127 Å². The summed E-state index contributed by atoms with van der Waals surface area (Å²) in [5.41, 5.74) is 12.1. The molecule has 0 radical (unpaired) electrons. The molecule has 1 atom stereocenters. The molecule has 0 N–H and O–H groups in total. The molecule has 5 aromatic carbocycles. The van der Waals surface area contributed by atoms with Crippen LogP contribution in [-0.2, 0) is 19.5 Å². The van der Waals surface area contributed by atoms with Crippen LogP contribution < -0.4 is 4.74 Å². The van der Waals surface area contributed by atoms with Gasteiger partial charge < -0.3 is 13.9 Å². The number of allylic oxidation sites excluding steroid dienone is 4. The number of aryl methyl sites for hydroxylation is 2. The molecule has 0 saturated heterocycles. The van der Waals surface area contributed by atoms with Crippen molar-refractivity contribution in [2.45, 2.75) is 31.6 Å². The van der Waals surface area contributed by atoms with E-state index in [4.69, 9.17) is 14.7 Å². The van der Waals surface area contributed by atoms with Crippen molar-refractivity contribution in [3.05, 3.63) is 150 Å². The quantitative estimate of drug-likeness (QED) is 0.196. The molecule has 1 aliphatic carbocycles. The van der Waals surface area contributed by atoms with Gasteiger partial charge in [0.2, 0.25) is 0 Å². The number of hydrogen-bond donors (Lipinski definition) is 0. The van der Waals surface area contributed by atoms with Gasteiger partial charge in [-0.1, -0.05) is 117 Å². The summed E-state index contributed by atoms with van der Waals surface area (Å²) in [6.07, 6.45) is 7.78. The number of benzene rings is 5. The second-order valence-electron chi connectivity index (χ2n) is 13.5. The van der Waals surface area contributed by atoms with Gasteiger partial charge in [0.15, 0.2) is 0 Å². The van der Waals surface area contributed by atoms with Crippen molar-refractivity contribution in [3.8, 4) is 34.0 Å². The van der Waals surface area contributed by atoms with Crippen molar-refractivity contribution in [1.82, 2.24) is 19.1 Å². The Morgan fingerprint density at radius 1 is 0.646 bits per heavy atom. The first-order chi connectivity index (χ1) is 23.4. The third-order valence-corrected chi connectivity index (χ3v) is 10.4. The highest BCUT2D eigenvalue weighted by molar-refractivity contribution is 5.85. The number of aromatic nitrogens is 4. The molecule has 9 rings (SSSR count). The average molecular weight is 625 g/mol. The Morgan fingerprint density at radius 2 is 1.25 bits per heavy atom. The van der Waals surface area contributed by atoms with Crippen LogP contribution in [-0.4, -0.2) is 19.1 Å². The molecular weight excluding hydrogens is 589 g/mol. The molecule has 0 amide bonds. The van der Waals surface area contributed by atoms with Crippen LogP contribution in [0, 0.1) is 0 Å². The maximum atomic E-state index is 7.02. The largest absolute Gasteiger partial charge is 0.455 e. The molecular formula is C43H36N4O. The Hall–Kier alpha value is -5.68. The molecule has 0 fully saturated rings. The summed E-state index contributed by atoms with van der Waals surface area (Å²) in [6.45, 7) is 4.62. The van der Waals surface area contributed by atoms with Gasteiger partial charge in [0.05, 0.1) is 22.1 Å². The van der Waals surface area contributed by atoms with E-state index in [0.717, 1.165) is 73.9 Å². The second kappa shape index (κ2) is 10.7. The number of fused-ring (bicyclic) bond motifs is 4. The number of rotatable bonds is 4. The summed E-state index contributed by atoms with van der Waals surface area (Å²) >= 11 is 0. The lowest BCUT2D eigenvalue weighted by molar-refractivity contribution is 0.418. The first-order valence-corrected chi connectivity index (χ1v) is 16.7. The molecule has 2 aliphatic rings. The van der Waals surface area contributed by atoms with E-state index in [1.165, 1.54) is 16.7 Å². The van der Waals surface area contributed by atoms with Gasteiger partial charge in [0.1, 0.15) is 23.1 Å². The highest BCUT2D eigenvalue weighted by Gasteiger charge is 2.37. The lowest BCUT2D eigenvalue weighted by atomic mass is 9.73. The Kier molecular flexibility index (Phi) is 6.35. The van der Waals surface area contributed by atoms with Crippen LogP contribution in [0.5, 0.6) is 11.5 Å². The van der Waals surface area contributed by atoms with Crippen LogP contribution >= 0.6 is 0 Å². The van der Waals surface area contributed by atoms with E-state index >= 15 is 0 Å². The number of para-hydroxylation sites is 6. The van der Waals surface area contributed by atoms with Gasteiger partial charge in [0.25, 0.3) is 0 Å². The van der Waals surface area contributed by atoms with Gasteiger partial charge in [-0.05, 0) is 41.8 Å². The SMILES string of the molecule is Cn1c(-c2ccc(-c3cccc4c3Oc3c(C5=CCC(c6nc7ccccc7n6C)C=C5)cccc3C4(C)C)cc2)nc2ccccc21. The minimum absolute atomic E-state index is 0.225. The topological polar surface area (TPSA) is 44.9 Å². The van der Waals surface area contributed by atoms with E-state index in [1.54, 1.807) is 0 Å². The Bertz CT molecular complexity index is 2460. The summed E-state index contributed by atoms with van der Waals surface area (Å²) in [5.74, 6) is 4.14. The minimum Gasteiger partial charge on any atom is -0.455 e. The first kappa shape index (κ1) is 28.5. The van der Waals surface area contributed by atoms with Crippen molar-refractivity contribution >= 4 is 27.6 Å². The van der Waals surface area contributed by atoms with E-state index in [2.05, 4.69) is 158 Å². The fourth-order valence-electron chi connectivity index (χ4n) is 7.69. The molecule has 0 bridgehead atoms. The van der Waals surface area contributed by atoms with Crippen molar-refractivity contribution in [2.75, 3.05) is 0 Å². The van der Waals surface area contributed by atoms with Gasteiger partial charge in [-0.2, -0.15) is 0 Å². The lowest BCUT2D eigenvalue weighted by Crippen LogP contribution is -2.25. The molecule has 5 heteroatoms. The van der Waals surface area contributed by atoms with Crippen LogP contribution in [0.2, 0.25) is 0 Å². The predicted octanol–water partition coefficient (Wildman–Crippen LogP) is 10.4. The molecule has 7 aromatic rings. The third kappa shape index (κ3) is 4.31. The summed E-state index contributed by atoms with van der Waals surface area (Å²) in [5, 5.41) is 0. The van der Waals surface area contributed by atoms with Gasteiger partial charge >= 0.3 is 0 Å². The second-order valence-corrected chi connectivity index (χ2v) is 13.5. The Morgan fingerprint density at radius 3 is 1.90 bits per heavy atom. The number of ether oxygens (including phenoxy) is 1. The molecule has 0 spiro atoms. The van der Waals surface area contributed by atoms with Gasteiger partial charge in [-0.3, -0.25) is 0 Å². The van der Waals surface area contributed by atoms with Crippen LogP contribution in [0.3, 0.4) is 0 Å². The standard InChI is InChI=1S/C43H36N4O/c1-43(2)33-13-9-11-31(27-19-23-29(24-20-27)41-44-35-15-5-7-17-37(35)46(41)3)39(33)48-40-32(12-10-14-34(40)43)28-21-25-30(26-22-28)42-45-36-16-6-8-18-38(36)47(42)4/h5-25,30H,26H2,1-4H3. The summed E-state index contributed by atoms with van der Waals surface area (Å²) < 4.78 is 11.4. The molecule has 1 aliphatic heterocycles. The molecule has 5 nitrogen and oxygen atoms in total. The molecule has 48 heavy (non-hydrogen) atoms. The average Bonchev–Trinajstić information content (AvgIpc) is 3.64. The lowest BCUT2D eigenvalue weighted by Gasteiger charge is -2.36. The number of nitrogens with zero attached hydrogens (tertiary/aromatic N) is 4. The normalized spacial score (nSPS) is 16.4. The van der Waals surface area contributed by atoms with Gasteiger partial charge in [-0.15, -0.1) is 0 Å². The summed E-state index contributed by atoms with van der Waals surface area (Å²) in [7, 11) is 4.19. The molecule has 0 saturated carbocycles. The summed E-state index contributed by atoms with van der Waals surface area (Å²) in [4.78, 5) is 9.89. The van der Waals surface area contributed by atoms with Crippen LogP contribution in [0.25, 0.3) is 50.2 Å². The highest BCUT2D eigenvalue weighted by Crippen LogP contribution is 2.53. The third-order valence-electron chi connectivity index (χ3n) is 10.4. The van der Waals surface area contributed by atoms with Crippen LogP contribution in [0.4, 0.5) is 0 Å². The van der Waals surface area contributed by atoms with E-state index in [-0.39, 0.29) is 11.3 Å². The van der Waals surface area contributed by atoms with E-state index < -0.39 is 0 Å². The molecule has 2 aromatic heterocycles. The van der Waals surface area contributed by atoms with Gasteiger partial charge in [0, 0.05) is 53.2 Å². The zero-order valence-corrected chi connectivity index (χ0v) is 27.6. The molecule has 3 heterocycles. The number of imidazole rings is 2. The predicted molar refractivity (Wildman–Crippen MR) is 195 cm³/mol. The van der Waals surface area contributed by atoms with Crippen molar-refractivity contribution in [1.29, 1.82) is 0 Å². The fraction of sp³-hybridized carbons (Fsp3) is 0.163. The molecule has 1 unspecified atom stereocenters. The number of hydrogen-bond acceptors (Lipinski definition) is 3. The monoisotopic (exact) mass is 624 g/mol. The maximum Gasteiger partial charge on any atom is 0.140 e. The van der Waals surface area contributed by atoms with E-state index in [9.17, 15) is 0 Å². The smallest absolute Gasteiger partial charge is 0.140 e. The van der Waals surface area contributed by atoms with Crippen molar-refractivity contribution in [2.24, 2.45) is 14.1 Å². The van der Waals surface area contributed by atoms with E-state index in [0.29, 0.717) is 0 Å². The minimum atomic E-state index is -0.240. The zero-order chi connectivity index (χ0) is 32.6. The fourth-order valence-corrected chi connectivity index (χ4v) is 7.69. The molecule has 234 valence electrons.